The van der Waals surface area contributed by atoms with Gasteiger partial charge in [0.05, 0.1) is 0 Å². The number of hydrogen-bond acceptors (Lipinski definition) is 2. The lowest BCUT2D eigenvalue weighted by molar-refractivity contribution is 0.0954. The number of nitrogens with one attached hydrogen (secondary N) is 1. The van der Waals surface area contributed by atoms with Crippen LogP contribution in [0.15, 0.2) is 29.4 Å². The predicted molar refractivity (Wildman–Crippen MR) is 71.5 cm³/mol. The zero-order valence-corrected chi connectivity index (χ0v) is 11.1. The molecule has 4 heteroatoms. The summed E-state index contributed by atoms with van der Waals surface area (Å²) in [5.41, 5.74) is 4.02. The van der Waals surface area contributed by atoms with Crippen molar-refractivity contribution >= 4 is 23.2 Å². The normalized spacial score (nSPS) is 13.3. The summed E-state index contributed by atoms with van der Waals surface area (Å²) in [7, 11) is 0. The van der Waals surface area contributed by atoms with Crippen molar-refractivity contribution in [2.24, 2.45) is 11.0 Å². The molecule has 1 atom stereocenters. The van der Waals surface area contributed by atoms with Crippen molar-refractivity contribution in [2.75, 3.05) is 0 Å². The maximum absolute atomic E-state index is 11.7. The first-order chi connectivity index (χ1) is 8.04. The van der Waals surface area contributed by atoms with E-state index in [9.17, 15) is 4.79 Å². The summed E-state index contributed by atoms with van der Waals surface area (Å²) in [6.07, 6.45) is 1.01. The van der Waals surface area contributed by atoms with Crippen molar-refractivity contribution in [3.63, 3.8) is 0 Å². The number of carbonyl (C=O) groups excluding carboxylic acids is 1. The lowest BCUT2D eigenvalue weighted by Gasteiger charge is -2.07. The summed E-state index contributed by atoms with van der Waals surface area (Å²) in [6.45, 7) is 6.08. The van der Waals surface area contributed by atoms with Crippen LogP contribution in [0.4, 0.5) is 0 Å². The van der Waals surface area contributed by atoms with Crippen LogP contribution in [0.2, 0.25) is 5.02 Å². The first-order valence-corrected chi connectivity index (χ1v) is 6.02. The molecule has 0 spiro atoms. The monoisotopic (exact) mass is 252 g/mol. The van der Waals surface area contributed by atoms with Crippen LogP contribution >= 0.6 is 11.6 Å². The lowest BCUT2D eigenvalue weighted by atomic mass is 10.1. The highest BCUT2D eigenvalue weighted by Crippen LogP contribution is 2.09. The molecule has 0 heterocycles. The van der Waals surface area contributed by atoms with Gasteiger partial charge >= 0.3 is 0 Å². The molecular formula is C13H17ClN2O. The van der Waals surface area contributed by atoms with Crippen LogP contribution < -0.4 is 5.43 Å². The molecule has 0 saturated carbocycles. The minimum Gasteiger partial charge on any atom is -0.267 e. The Hall–Kier alpha value is -1.35. The average Bonchev–Trinajstić information content (AvgIpc) is 2.35. The van der Waals surface area contributed by atoms with E-state index in [0.29, 0.717) is 16.5 Å². The Morgan fingerprint density at radius 3 is 2.53 bits per heavy atom. The Kier molecular flexibility index (Phi) is 5.16. The van der Waals surface area contributed by atoms with Crippen LogP contribution in [0.25, 0.3) is 0 Å². The van der Waals surface area contributed by atoms with Crippen molar-refractivity contribution in [1.82, 2.24) is 5.43 Å². The van der Waals surface area contributed by atoms with Crippen LogP contribution in [0, 0.1) is 5.92 Å². The molecule has 0 bridgehead atoms. The highest BCUT2D eigenvalue weighted by Gasteiger charge is 2.06. The Labute approximate surface area is 107 Å². The molecule has 1 amide bonds. The Bertz CT molecular complexity index is 412. The molecule has 0 aliphatic rings. The quantitative estimate of drug-likeness (QED) is 0.647. The fourth-order valence-electron chi connectivity index (χ4n) is 1.21. The number of benzene rings is 1. The number of halogens is 1. The highest BCUT2D eigenvalue weighted by atomic mass is 35.5. The van der Waals surface area contributed by atoms with Gasteiger partial charge in [0, 0.05) is 16.3 Å². The second-order valence-electron chi connectivity index (χ2n) is 4.01. The van der Waals surface area contributed by atoms with Crippen molar-refractivity contribution < 1.29 is 4.79 Å². The van der Waals surface area contributed by atoms with E-state index in [1.54, 1.807) is 24.3 Å². The molecule has 3 nitrogen and oxygen atoms in total. The minimum absolute atomic E-state index is 0.218. The molecule has 0 aliphatic heterocycles. The molecule has 92 valence electrons. The SMILES string of the molecule is CC[C@H](C)/C(C)=N\NC(=O)c1ccc(Cl)cc1. The molecular weight excluding hydrogens is 236 g/mol. The summed E-state index contributed by atoms with van der Waals surface area (Å²) < 4.78 is 0. The first-order valence-electron chi connectivity index (χ1n) is 5.64. The van der Waals surface area contributed by atoms with E-state index < -0.39 is 0 Å². The molecule has 0 fully saturated rings. The van der Waals surface area contributed by atoms with Crippen molar-refractivity contribution in [3.05, 3.63) is 34.9 Å². The standard InChI is InChI=1S/C13H17ClN2O/c1-4-9(2)10(3)15-16-13(17)11-5-7-12(14)8-6-11/h5-9H,4H2,1-3H3,(H,16,17)/b15-10-/t9-/m0/s1. The number of nitrogens with zero attached hydrogens (tertiary/aromatic N) is 1. The topological polar surface area (TPSA) is 41.5 Å². The third kappa shape index (κ3) is 4.19. The second kappa shape index (κ2) is 6.40. The number of rotatable bonds is 4. The van der Waals surface area contributed by atoms with Gasteiger partial charge in [-0.3, -0.25) is 4.79 Å². The molecule has 0 aromatic heterocycles. The minimum atomic E-state index is -0.218. The largest absolute Gasteiger partial charge is 0.271 e. The van der Waals surface area contributed by atoms with Crippen LogP contribution in [-0.4, -0.2) is 11.6 Å². The van der Waals surface area contributed by atoms with E-state index in [4.69, 9.17) is 11.6 Å². The van der Waals surface area contributed by atoms with Crippen molar-refractivity contribution in [2.45, 2.75) is 27.2 Å². The van der Waals surface area contributed by atoms with Crippen molar-refractivity contribution in [3.8, 4) is 0 Å². The van der Waals surface area contributed by atoms with Gasteiger partial charge in [-0.2, -0.15) is 5.10 Å². The average molecular weight is 253 g/mol. The van der Waals surface area contributed by atoms with Gasteiger partial charge in [-0.1, -0.05) is 25.4 Å². The summed E-state index contributed by atoms with van der Waals surface area (Å²) in [5.74, 6) is 0.157. The molecule has 0 aliphatic carbocycles. The van der Waals surface area contributed by atoms with Gasteiger partial charge in [0.1, 0.15) is 0 Å². The van der Waals surface area contributed by atoms with Crippen molar-refractivity contribution in [1.29, 1.82) is 0 Å². The molecule has 0 radical (unpaired) electrons. The Balaban J connectivity index is 2.64. The zero-order valence-electron chi connectivity index (χ0n) is 10.3. The molecule has 1 rings (SSSR count). The summed E-state index contributed by atoms with van der Waals surface area (Å²) in [4.78, 5) is 11.7. The third-order valence-electron chi connectivity index (χ3n) is 2.77. The van der Waals surface area contributed by atoms with Gasteiger partial charge < -0.3 is 0 Å². The van der Waals surface area contributed by atoms with E-state index in [2.05, 4.69) is 24.4 Å². The highest BCUT2D eigenvalue weighted by molar-refractivity contribution is 6.30. The van der Waals surface area contributed by atoms with Gasteiger partial charge in [-0.25, -0.2) is 5.43 Å². The molecule has 17 heavy (non-hydrogen) atoms. The zero-order chi connectivity index (χ0) is 12.8. The molecule has 1 N–H and O–H groups in total. The molecule has 0 saturated heterocycles. The number of carbonyl (C=O) groups is 1. The first kappa shape index (κ1) is 13.7. The lowest BCUT2D eigenvalue weighted by Crippen LogP contribution is -2.20. The fraction of sp³-hybridized carbons (Fsp3) is 0.385. The van der Waals surface area contributed by atoms with Gasteiger partial charge in [0.15, 0.2) is 0 Å². The smallest absolute Gasteiger partial charge is 0.267 e. The molecule has 0 unspecified atom stereocenters. The second-order valence-corrected chi connectivity index (χ2v) is 4.45. The predicted octanol–water partition coefficient (Wildman–Crippen LogP) is 3.49. The van der Waals surface area contributed by atoms with E-state index in [-0.39, 0.29) is 5.91 Å². The third-order valence-corrected chi connectivity index (χ3v) is 3.02. The fourth-order valence-corrected chi connectivity index (χ4v) is 1.34. The Morgan fingerprint density at radius 1 is 1.41 bits per heavy atom. The van der Waals surface area contributed by atoms with Gasteiger partial charge in [-0.05, 0) is 43.5 Å². The maximum atomic E-state index is 11.7. The number of amides is 1. The van der Waals surface area contributed by atoms with E-state index in [0.717, 1.165) is 12.1 Å². The summed E-state index contributed by atoms with van der Waals surface area (Å²) in [5, 5.41) is 4.69. The molecule has 1 aromatic rings. The van der Waals surface area contributed by atoms with Crippen LogP contribution in [-0.2, 0) is 0 Å². The van der Waals surface area contributed by atoms with Gasteiger partial charge in [0.2, 0.25) is 0 Å². The molecule has 1 aromatic carbocycles. The number of hydrazone groups is 1. The summed E-state index contributed by atoms with van der Waals surface area (Å²) in [6, 6.07) is 6.71. The van der Waals surface area contributed by atoms with Crippen LogP contribution in [0.1, 0.15) is 37.6 Å². The van der Waals surface area contributed by atoms with Crippen LogP contribution in [0.5, 0.6) is 0 Å². The summed E-state index contributed by atoms with van der Waals surface area (Å²) >= 11 is 5.74. The van der Waals surface area contributed by atoms with E-state index in [1.165, 1.54) is 0 Å². The van der Waals surface area contributed by atoms with E-state index >= 15 is 0 Å². The van der Waals surface area contributed by atoms with E-state index in [1.807, 2.05) is 6.92 Å². The van der Waals surface area contributed by atoms with Gasteiger partial charge in [-0.15, -0.1) is 0 Å². The Morgan fingerprint density at radius 2 is 2.00 bits per heavy atom. The van der Waals surface area contributed by atoms with Gasteiger partial charge in [0.25, 0.3) is 5.91 Å². The maximum Gasteiger partial charge on any atom is 0.271 e. The number of hydrogen-bond donors (Lipinski definition) is 1. The van der Waals surface area contributed by atoms with Crippen LogP contribution in [0.3, 0.4) is 0 Å².